The van der Waals surface area contributed by atoms with Gasteiger partial charge in [0.2, 0.25) is 0 Å². The van der Waals surface area contributed by atoms with Gasteiger partial charge in [-0.3, -0.25) is 4.68 Å². The molecule has 1 aromatic heterocycles. The Morgan fingerprint density at radius 1 is 1.25 bits per heavy atom. The standard InChI is InChI=1S/C13H15IN2/c1-3-10(2)16-9-12(8-15-16)11-4-6-13(14)7-5-11/h4-10H,3H2,1-2H3. The van der Waals surface area contributed by atoms with Crippen LogP contribution in [0.2, 0.25) is 0 Å². The molecule has 2 nitrogen and oxygen atoms in total. The van der Waals surface area contributed by atoms with Gasteiger partial charge in [-0.15, -0.1) is 0 Å². The molecular formula is C13H15IN2. The lowest BCUT2D eigenvalue weighted by atomic mass is 10.1. The van der Waals surface area contributed by atoms with E-state index in [0.717, 1.165) is 6.42 Å². The summed E-state index contributed by atoms with van der Waals surface area (Å²) in [5.41, 5.74) is 2.42. The lowest BCUT2D eigenvalue weighted by Gasteiger charge is -2.07. The van der Waals surface area contributed by atoms with E-state index in [1.165, 1.54) is 14.7 Å². The summed E-state index contributed by atoms with van der Waals surface area (Å²) >= 11 is 2.32. The highest BCUT2D eigenvalue weighted by Crippen LogP contribution is 2.21. The van der Waals surface area contributed by atoms with E-state index in [-0.39, 0.29) is 0 Å². The molecule has 0 aliphatic carbocycles. The SMILES string of the molecule is CCC(C)n1cc(-c2ccc(I)cc2)cn1. The second kappa shape index (κ2) is 4.99. The molecule has 0 amide bonds. The molecule has 1 aromatic carbocycles. The fourth-order valence-electron chi connectivity index (χ4n) is 1.56. The smallest absolute Gasteiger partial charge is 0.0568 e. The highest BCUT2D eigenvalue weighted by Gasteiger charge is 2.05. The molecule has 0 aliphatic heterocycles. The van der Waals surface area contributed by atoms with Crippen LogP contribution in [0.5, 0.6) is 0 Å². The maximum Gasteiger partial charge on any atom is 0.0568 e. The summed E-state index contributed by atoms with van der Waals surface area (Å²) in [5.74, 6) is 0. The van der Waals surface area contributed by atoms with E-state index in [1.807, 2.05) is 10.9 Å². The third-order valence-electron chi connectivity index (χ3n) is 2.82. The van der Waals surface area contributed by atoms with Gasteiger partial charge < -0.3 is 0 Å². The third kappa shape index (κ3) is 2.45. The monoisotopic (exact) mass is 326 g/mol. The van der Waals surface area contributed by atoms with Crippen LogP contribution in [0.15, 0.2) is 36.7 Å². The molecule has 0 radical (unpaired) electrons. The Morgan fingerprint density at radius 3 is 2.56 bits per heavy atom. The van der Waals surface area contributed by atoms with E-state index in [4.69, 9.17) is 0 Å². The van der Waals surface area contributed by atoms with E-state index in [1.54, 1.807) is 0 Å². The van der Waals surface area contributed by atoms with Gasteiger partial charge in [0.15, 0.2) is 0 Å². The summed E-state index contributed by atoms with van der Waals surface area (Å²) in [6, 6.07) is 8.99. The average Bonchev–Trinajstić information content (AvgIpc) is 2.78. The Hall–Kier alpha value is -0.840. The van der Waals surface area contributed by atoms with Gasteiger partial charge in [0, 0.05) is 21.4 Å². The molecular weight excluding hydrogens is 311 g/mol. The molecule has 1 heterocycles. The van der Waals surface area contributed by atoms with Crippen LogP contribution >= 0.6 is 22.6 Å². The zero-order valence-electron chi connectivity index (χ0n) is 9.52. The van der Waals surface area contributed by atoms with Crippen LogP contribution in [-0.4, -0.2) is 9.78 Å². The third-order valence-corrected chi connectivity index (χ3v) is 3.54. The molecule has 0 N–H and O–H groups in total. The Balaban J connectivity index is 2.28. The van der Waals surface area contributed by atoms with Crippen LogP contribution in [0.1, 0.15) is 26.3 Å². The molecule has 0 spiro atoms. The highest BCUT2D eigenvalue weighted by atomic mass is 127. The van der Waals surface area contributed by atoms with Crippen LogP contribution < -0.4 is 0 Å². The highest BCUT2D eigenvalue weighted by molar-refractivity contribution is 14.1. The molecule has 84 valence electrons. The second-order valence-corrected chi connectivity index (χ2v) is 5.22. The molecule has 2 rings (SSSR count). The van der Waals surface area contributed by atoms with Gasteiger partial charge >= 0.3 is 0 Å². The topological polar surface area (TPSA) is 17.8 Å². The van der Waals surface area contributed by atoms with Gasteiger partial charge in [-0.25, -0.2) is 0 Å². The lowest BCUT2D eigenvalue weighted by Crippen LogP contribution is -2.03. The Labute approximate surface area is 110 Å². The average molecular weight is 326 g/mol. The van der Waals surface area contributed by atoms with E-state index in [9.17, 15) is 0 Å². The van der Waals surface area contributed by atoms with Crippen molar-refractivity contribution < 1.29 is 0 Å². The summed E-state index contributed by atoms with van der Waals surface area (Å²) in [6.07, 6.45) is 5.17. The number of hydrogen-bond acceptors (Lipinski definition) is 1. The van der Waals surface area contributed by atoms with Crippen molar-refractivity contribution >= 4 is 22.6 Å². The number of halogens is 1. The molecule has 1 atom stereocenters. The van der Waals surface area contributed by atoms with Crippen molar-refractivity contribution in [2.45, 2.75) is 26.3 Å². The molecule has 2 aromatic rings. The van der Waals surface area contributed by atoms with E-state index in [0.29, 0.717) is 6.04 Å². The predicted octanol–water partition coefficient (Wildman–Crippen LogP) is 4.13. The van der Waals surface area contributed by atoms with Crippen LogP contribution in [0, 0.1) is 3.57 Å². The van der Waals surface area contributed by atoms with Crippen molar-refractivity contribution in [2.75, 3.05) is 0 Å². The molecule has 3 heteroatoms. The first-order valence-corrected chi connectivity index (χ1v) is 6.58. The van der Waals surface area contributed by atoms with Crippen molar-refractivity contribution in [3.05, 3.63) is 40.2 Å². The molecule has 1 unspecified atom stereocenters. The number of aromatic nitrogens is 2. The predicted molar refractivity (Wildman–Crippen MR) is 75.4 cm³/mol. The Bertz CT molecular complexity index is 459. The minimum Gasteiger partial charge on any atom is -0.269 e. The minimum atomic E-state index is 0.470. The van der Waals surface area contributed by atoms with Crippen LogP contribution in [0.3, 0.4) is 0 Å². The van der Waals surface area contributed by atoms with E-state index >= 15 is 0 Å². The number of benzene rings is 1. The first-order valence-electron chi connectivity index (χ1n) is 5.51. The van der Waals surface area contributed by atoms with Crippen molar-refractivity contribution in [3.8, 4) is 11.1 Å². The van der Waals surface area contributed by atoms with E-state index in [2.05, 4.69) is 72.0 Å². The number of hydrogen-bond donors (Lipinski definition) is 0. The summed E-state index contributed by atoms with van der Waals surface area (Å²) in [4.78, 5) is 0. The zero-order valence-corrected chi connectivity index (χ0v) is 11.7. The molecule has 0 fully saturated rings. The zero-order chi connectivity index (χ0) is 11.5. The normalized spacial score (nSPS) is 12.7. The van der Waals surface area contributed by atoms with Gasteiger partial charge in [-0.1, -0.05) is 19.1 Å². The summed E-state index contributed by atoms with van der Waals surface area (Å²) in [5, 5.41) is 4.40. The first-order chi connectivity index (χ1) is 7.70. The van der Waals surface area contributed by atoms with Crippen molar-refractivity contribution in [1.29, 1.82) is 0 Å². The maximum atomic E-state index is 4.40. The van der Waals surface area contributed by atoms with Gasteiger partial charge in [0.1, 0.15) is 0 Å². The second-order valence-electron chi connectivity index (χ2n) is 3.97. The Kier molecular flexibility index (Phi) is 3.63. The van der Waals surface area contributed by atoms with E-state index < -0.39 is 0 Å². The van der Waals surface area contributed by atoms with Gasteiger partial charge in [0.05, 0.1) is 6.20 Å². The van der Waals surface area contributed by atoms with Gasteiger partial charge in [0.25, 0.3) is 0 Å². The molecule has 0 saturated carbocycles. The quantitative estimate of drug-likeness (QED) is 0.776. The van der Waals surface area contributed by atoms with Crippen LogP contribution in [0.25, 0.3) is 11.1 Å². The maximum absolute atomic E-state index is 4.40. The molecule has 16 heavy (non-hydrogen) atoms. The lowest BCUT2D eigenvalue weighted by molar-refractivity contribution is 0.478. The van der Waals surface area contributed by atoms with Crippen molar-refractivity contribution in [3.63, 3.8) is 0 Å². The molecule has 0 bridgehead atoms. The van der Waals surface area contributed by atoms with Crippen molar-refractivity contribution in [2.24, 2.45) is 0 Å². The minimum absolute atomic E-state index is 0.470. The summed E-state index contributed by atoms with van der Waals surface area (Å²) in [6.45, 7) is 4.36. The van der Waals surface area contributed by atoms with Crippen molar-refractivity contribution in [1.82, 2.24) is 9.78 Å². The number of rotatable bonds is 3. The first kappa shape index (κ1) is 11.6. The summed E-state index contributed by atoms with van der Waals surface area (Å²) in [7, 11) is 0. The van der Waals surface area contributed by atoms with Crippen LogP contribution in [-0.2, 0) is 0 Å². The molecule has 0 saturated heterocycles. The summed E-state index contributed by atoms with van der Waals surface area (Å²) < 4.78 is 3.29. The Morgan fingerprint density at radius 2 is 1.94 bits per heavy atom. The largest absolute Gasteiger partial charge is 0.269 e. The fraction of sp³-hybridized carbons (Fsp3) is 0.308. The molecule has 0 aliphatic rings. The van der Waals surface area contributed by atoms with Gasteiger partial charge in [-0.05, 0) is 53.6 Å². The van der Waals surface area contributed by atoms with Gasteiger partial charge in [-0.2, -0.15) is 5.10 Å². The van der Waals surface area contributed by atoms with Crippen LogP contribution in [0.4, 0.5) is 0 Å². The fourth-order valence-corrected chi connectivity index (χ4v) is 1.92. The number of nitrogens with zero attached hydrogens (tertiary/aromatic N) is 2.